The summed E-state index contributed by atoms with van der Waals surface area (Å²) in [5.41, 5.74) is 2.36. The molecular weight excluding hydrogens is 390 g/mol. The van der Waals surface area contributed by atoms with E-state index in [9.17, 15) is 14.4 Å². The molecule has 1 aliphatic heterocycles. The van der Waals surface area contributed by atoms with E-state index in [-0.39, 0.29) is 30.5 Å². The fourth-order valence-corrected chi connectivity index (χ4v) is 3.37. The van der Waals surface area contributed by atoms with Crippen molar-refractivity contribution in [3.8, 4) is 0 Å². The number of aromatic nitrogens is 1. The Hall–Kier alpha value is -3.51. The van der Waals surface area contributed by atoms with E-state index >= 15 is 0 Å². The molecule has 29 heavy (non-hydrogen) atoms. The number of imide groups is 1. The third-order valence-electron chi connectivity index (χ3n) is 4.69. The molecule has 1 aromatic heterocycles. The van der Waals surface area contributed by atoms with Gasteiger partial charge in [0.1, 0.15) is 0 Å². The van der Waals surface area contributed by atoms with Crippen molar-refractivity contribution >= 4 is 29.3 Å². The van der Waals surface area contributed by atoms with E-state index in [0.717, 1.165) is 16.0 Å². The molecule has 0 bridgehead atoms. The second-order valence-corrected chi connectivity index (χ2v) is 7.00. The predicted molar refractivity (Wildman–Crippen MR) is 108 cm³/mol. The van der Waals surface area contributed by atoms with Crippen LogP contribution in [-0.2, 0) is 13.1 Å². The molecule has 0 atom stereocenters. The minimum absolute atomic E-state index is 0.133. The number of benzene rings is 2. The molecule has 0 unspecified atom stereocenters. The lowest BCUT2D eigenvalue weighted by Gasteiger charge is -2.13. The van der Waals surface area contributed by atoms with Gasteiger partial charge in [-0.05, 0) is 41.5 Å². The number of nitrogens with zero attached hydrogens (tertiary/aromatic N) is 2. The highest BCUT2D eigenvalue weighted by molar-refractivity contribution is 6.31. The first-order valence-corrected chi connectivity index (χ1v) is 9.33. The topological polar surface area (TPSA) is 79.4 Å². The summed E-state index contributed by atoms with van der Waals surface area (Å²) in [5.74, 6) is -1.15. The van der Waals surface area contributed by atoms with E-state index in [4.69, 9.17) is 11.6 Å². The quantitative estimate of drug-likeness (QED) is 0.659. The smallest absolute Gasteiger partial charge is 0.261 e. The highest BCUT2D eigenvalue weighted by atomic mass is 35.5. The van der Waals surface area contributed by atoms with Crippen molar-refractivity contribution in [1.29, 1.82) is 0 Å². The third-order valence-corrected chi connectivity index (χ3v) is 5.06. The van der Waals surface area contributed by atoms with Crippen LogP contribution in [0.2, 0.25) is 5.02 Å². The van der Waals surface area contributed by atoms with Crippen LogP contribution < -0.4 is 5.32 Å². The van der Waals surface area contributed by atoms with Crippen molar-refractivity contribution in [2.24, 2.45) is 0 Å². The molecule has 144 valence electrons. The number of fused-ring (bicyclic) bond motifs is 1. The van der Waals surface area contributed by atoms with Crippen LogP contribution >= 0.6 is 11.6 Å². The average Bonchev–Trinajstić information content (AvgIpc) is 2.98. The van der Waals surface area contributed by atoms with E-state index < -0.39 is 5.91 Å². The Balaban J connectivity index is 1.51. The maximum Gasteiger partial charge on any atom is 0.261 e. The lowest BCUT2D eigenvalue weighted by Crippen LogP contribution is -2.29. The van der Waals surface area contributed by atoms with Gasteiger partial charge in [0.15, 0.2) is 0 Å². The zero-order valence-corrected chi connectivity index (χ0v) is 16.0. The van der Waals surface area contributed by atoms with E-state index in [0.29, 0.717) is 16.1 Å². The van der Waals surface area contributed by atoms with Crippen LogP contribution in [0.5, 0.6) is 0 Å². The first kappa shape index (κ1) is 18.8. The minimum Gasteiger partial charge on any atom is -0.348 e. The molecule has 0 spiro atoms. The Morgan fingerprint density at radius 2 is 1.79 bits per heavy atom. The van der Waals surface area contributed by atoms with Gasteiger partial charge in [0.2, 0.25) is 0 Å². The summed E-state index contributed by atoms with van der Waals surface area (Å²) in [6.07, 6.45) is 3.23. The van der Waals surface area contributed by atoms with Crippen molar-refractivity contribution in [1.82, 2.24) is 15.2 Å². The molecule has 0 saturated heterocycles. The second-order valence-electron chi connectivity index (χ2n) is 6.59. The molecular formula is C22H16ClN3O3. The number of rotatable bonds is 5. The lowest BCUT2D eigenvalue weighted by molar-refractivity contribution is 0.0642. The maximum absolute atomic E-state index is 12.7. The van der Waals surface area contributed by atoms with Crippen LogP contribution in [0.15, 0.2) is 67.0 Å². The van der Waals surface area contributed by atoms with Crippen molar-refractivity contribution < 1.29 is 14.4 Å². The maximum atomic E-state index is 12.7. The molecule has 2 aromatic carbocycles. The highest BCUT2D eigenvalue weighted by Gasteiger charge is 2.36. The van der Waals surface area contributed by atoms with Crippen LogP contribution in [0.4, 0.5) is 0 Å². The number of carbonyl (C=O) groups excluding carboxylic acids is 3. The summed E-state index contributed by atoms with van der Waals surface area (Å²) < 4.78 is 0. The summed E-state index contributed by atoms with van der Waals surface area (Å²) in [4.78, 5) is 43.0. The summed E-state index contributed by atoms with van der Waals surface area (Å²) in [6.45, 7) is 0.393. The van der Waals surface area contributed by atoms with Gasteiger partial charge in [-0.1, -0.05) is 35.9 Å². The Morgan fingerprint density at radius 3 is 2.55 bits per heavy atom. The fraction of sp³-hybridized carbons (Fsp3) is 0.0909. The van der Waals surface area contributed by atoms with Crippen LogP contribution in [0.25, 0.3) is 0 Å². The molecule has 7 heteroatoms. The minimum atomic E-state index is -0.422. The molecule has 6 nitrogen and oxygen atoms in total. The molecule has 3 aromatic rings. The SMILES string of the molecule is O=C(NCc1ccccc1Cl)c1ccc2c(c1)C(=O)N(Cc1cccnc1)C2=O. The zero-order chi connectivity index (χ0) is 20.4. The van der Waals surface area contributed by atoms with Crippen molar-refractivity contribution in [3.63, 3.8) is 0 Å². The van der Waals surface area contributed by atoms with Gasteiger partial charge in [-0.3, -0.25) is 24.3 Å². The molecule has 0 aliphatic carbocycles. The van der Waals surface area contributed by atoms with Crippen molar-refractivity contribution in [2.45, 2.75) is 13.1 Å². The molecule has 1 N–H and O–H groups in total. The van der Waals surface area contributed by atoms with Gasteiger partial charge in [-0.15, -0.1) is 0 Å². The van der Waals surface area contributed by atoms with Gasteiger partial charge in [0.25, 0.3) is 17.7 Å². The molecule has 4 rings (SSSR count). The summed E-state index contributed by atoms with van der Waals surface area (Å²) in [7, 11) is 0. The number of carbonyl (C=O) groups is 3. The molecule has 3 amide bonds. The van der Waals surface area contributed by atoms with Crippen LogP contribution in [-0.4, -0.2) is 27.6 Å². The van der Waals surface area contributed by atoms with Crippen molar-refractivity contribution in [3.05, 3.63) is 99.8 Å². The number of amides is 3. The van der Waals surface area contributed by atoms with E-state index in [1.54, 1.807) is 36.7 Å². The number of nitrogens with one attached hydrogen (secondary N) is 1. The van der Waals surface area contributed by atoms with E-state index in [1.807, 2.05) is 18.2 Å². The third kappa shape index (κ3) is 3.75. The molecule has 0 saturated carbocycles. The monoisotopic (exact) mass is 405 g/mol. The first-order chi connectivity index (χ1) is 14.0. The predicted octanol–water partition coefficient (Wildman–Crippen LogP) is 3.46. The number of halogens is 1. The van der Waals surface area contributed by atoms with Crippen LogP contribution in [0.3, 0.4) is 0 Å². The van der Waals surface area contributed by atoms with E-state index in [2.05, 4.69) is 10.3 Å². The van der Waals surface area contributed by atoms with Gasteiger partial charge >= 0.3 is 0 Å². The molecule has 1 aliphatic rings. The summed E-state index contributed by atoms with van der Waals surface area (Å²) in [5, 5.41) is 3.35. The number of hydrogen-bond acceptors (Lipinski definition) is 4. The van der Waals surface area contributed by atoms with Crippen molar-refractivity contribution in [2.75, 3.05) is 0 Å². The lowest BCUT2D eigenvalue weighted by atomic mass is 10.1. The van der Waals surface area contributed by atoms with Crippen LogP contribution in [0, 0.1) is 0 Å². The Kier molecular flexibility index (Phi) is 5.10. The Labute approximate surface area is 172 Å². The van der Waals surface area contributed by atoms with Gasteiger partial charge < -0.3 is 5.32 Å². The van der Waals surface area contributed by atoms with E-state index in [1.165, 1.54) is 12.1 Å². The largest absolute Gasteiger partial charge is 0.348 e. The second kappa shape index (κ2) is 7.85. The Bertz CT molecular complexity index is 1120. The standard InChI is InChI=1S/C22H16ClN3O3/c23-19-6-2-1-5-16(19)12-25-20(27)15-7-8-17-18(10-15)22(29)26(21(17)28)13-14-4-3-9-24-11-14/h1-11H,12-13H2,(H,25,27). The zero-order valence-electron chi connectivity index (χ0n) is 15.3. The first-order valence-electron chi connectivity index (χ1n) is 8.95. The Morgan fingerprint density at radius 1 is 1.00 bits per heavy atom. The summed E-state index contributed by atoms with van der Waals surface area (Å²) in [6, 6.07) is 15.3. The van der Waals surface area contributed by atoms with Gasteiger partial charge in [-0.25, -0.2) is 0 Å². The molecule has 2 heterocycles. The van der Waals surface area contributed by atoms with Gasteiger partial charge in [0.05, 0.1) is 17.7 Å². The van der Waals surface area contributed by atoms with Gasteiger partial charge in [-0.2, -0.15) is 0 Å². The normalized spacial score (nSPS) is 12.8. The summed E-state index contributed by atoms with van der Waals surface area (Å²) >= 11 is 6.10. The highest BCUT2D eigenvalue weighted by Crippen LogP contribution is 2.25. The molecule has 0 radical (unpaired) electrons. The number of pyridine rings is 1. The number of hydrogen-bond donors (Lipinski definition) is 1. The average molecular weight is 406 g/mol. The van der Waals surface area contributed by atoms with Crippen LogP contribution in [0.1, 0.15) is 42.2 Å². The molecule has 0 fully saturated rings. The fourth-order valence-electron chi connectivity index (χ4n) is 3.17. The van der Waals surface area contributed by atoms with Gasteiger partial charge in [0, 0.05) is 29.5 Å².